The summed E-state index contributed by atoms with van der Waals surface area (Å²) in [5.41, 5.74) is 3.47. The molecule has 0 N–H and O–H groups in total. The van der Waals surface area contributed by atoms with Gasteiger partial charge in [-0.2, -0.15) is 0 Å². The minimum atomic E-state index is -0.284. The van der Waals surface area contributed by atoms with Crippen LogP contribution in [0.15, 0.2) is 78.9 Å². The van der Waals surface area contributed by atoms with Crippen LogP contribution in [0.4, 0.5) is 0 Å². The number of unbranched alkanes of at least 4 members (excludes halogenated alkanes) is 2. The molecule has 0 aliphatic carbocycles. The Morgan fingerprint density at radius 2 is 1.00 bits per heavy atom. The van der Waals surface area contributed by atoms with E-state index in [-0.39, 0.29) is 5.41 Å². The molecular formula is C34H42O4. The lowest BCUT2D eigenvalue weighted by molar-refractivity contribution is -0.0367. The SMILES string of the molecule is CC(c1ccccc1)(c1ccc(OCCCCC2COC2)cc1)c1ccc(OCCCCC2COC2)cc1. The molecule has 5 rings (SSSR count). The van der Waals surface area contributed by atoms with Crippen LogP contribution < -0.4 is 9.47 Å². The maximum Gasteiger partial charge on any atom is 0.119 e. The monoisotopic (exact) mass is 514 g/mol. The summed E-state index contributed by atoms with van der Waals surface area (Å²) in [6.45, 7) is 7.59. The van der Waals surface area contributed by atoms with E-state index in [1.54, 1.807) is 0 Å². The van der Waals surface area contributed by atoms with E-state index in [9.17, 15) is 0 Å². The highest BCUT2D eigenvalue weighted by molar-refractivity contribution is 5.51. The maximum absolute atomic E-state index is 6.06. The van der Waals surface area contributed by atoms with Crippen molar-refractivity contribution in [2.24, 2.45) is 11.8 Å². The van der Waals surface area contributed by atoms with Gasteiger partial charge in [0.2, 0.25) is 0 Å². The van der Waals surface area contributed by atoms with Gasteiger partial charge >= 0.3 is 0 Å². The summed E-state index contributed by atoms with van der Waals surface area (Å²) < 4.78 is 22.6. The minimum absolute atomic E-state index is 0.284. The van der Waals surface area contributed by atoms with Gasteiger partial charge in [-0.25, -0.2) is 0 Å². The second-order valence-electron chi connectivity index (χ2n) is 11.0. The fourth-order valence-electron chi connectivity index (χ4n) is 5.39. The van der Waals surface area contributed by atoms with E-state index >= 15 is 0 Å². The van der Waals surface area contributed by atoms with Crippen LogP contribution in [0.1, 0.15) is 62.1 Å². The normalized spacial score (nSPS) is 16.0. The average Bonchev–Trinajstić information content (AvgIpc) is 2.91. The number of hydrogen-bond acceptors (Lipinski definition) is 4. The van der Waals surface area contributed by atoms with Crippen molar-refractivity contribution in [1.29, 1.82) is 0 Å². The molecule has 2 heterocycles. The molecule has 0 saturated carbocycles. The highest BCUT2D eigenvalue weighted by atomic mass is 16.5. The lowest BCUT2D eigenvalue weighted by Gasteiger charge is -2.32. The minimum Gasteiger partial charge on any atom is -0.494 e. The molecule has 0 unspecified atom stereocenters. The van der Waals surface area contributed by atoms with E-state index in [1.165, 1.54) is 42.4 Å². The van der Waals surface area contributed by atoms with E-state index in [1.807, 2.05) is 0 Å². The third-order valence-corrected chi connectivity index (χ3v) is 8.18. The van der Waals surface area contributed by atoms with Crippen molar-refractivity contribution in [3.63, 3.8) is 0 Å². The van der Waals surface area contributed by atoms with Crippen molar-refractivity contribution in [3.05, 3.63) is 95.6 Å². The quantitative estimate of drug-likeness (QED) is 0.156. The van der Waals surface area contributed by atoms with Crippen LogP contribution in [0.2, 0.25) is 0 Å². The molecule has 38 heavy (non-hydrogen) atoms. The predicted molar refractivity (Wildman–Crippen MR) is 152 cm³/mol. The first kappa shape index (κ1) is 26.8. The summed E-state index contributed by atoms with van der Waals surface area (Å²) in [5.74, 6) is 3.40. The van der Waals surface area contributed by atoms with Gasteiger partial charge in [-0.15, -0.1) is 0 Å². The van der Waals surface area contributed by atoms with Gasteiger partial charge in [0.25, 0.3) is 0 Å². The van der Waals surface area contributed by atoms with Crippen LogP contribution in [0.5, 0.6) is 11.5 Å². The van der Waals surface area contributed by atoms with Gasteiger partial charge in [0.1, 0.15) is 11.5 Å². The van der Waals surface area contributed by atoms with Gasteiger partial charge in [0, 0.05) is 17.3 Å². The highest BCUT2D eigenvalue weighted by Gasteiger charge is 2.31. The molecule has 0 amide bonds. The molecule has 2 aliphatic rings. The zero-order valence-corrected chi connectivity index (χ0v) is 22.8. The zero-order chi connectivity index (χ0) is 26.0. The number of benzene rings is 3. The van der Waals surface area contributed by atoms with Gasteiger partial charge in [-0.05, 0) is 86.4 Å². The fourth-order valence-corrected chi connectivity index (χ4v) is 5.39. The summed E-state index contributed by atoms with van der Waals surface area (Å²) in [7, 11) is 0. The zero-order valence-electron chi connectivity index (χ0n) is 22.8. The van der Waals surface area contributed by atoms with Gasteiger partial charge in [0.05, 0.1) is 39.6 Å². The third kappa shape index (κ3) is 6.78. The summed E-state index contributed by atoms with van der Waals surface area (Å²) in [4.78, 5) is 0. The molecule has 2 saturated heterocycles. The van der Waals surface area contributed by atoms with E-state index in [0.717, 1.165) is 75.8 Å². The molecular weight excluding hydrogens is 472 g/mol. The second-order valence-corrected chi connectivity index (χ2v) is 11.0. The topological polar surface area (TPSA) is 36.9 Å². The van der Waals surface area contributed by atoms with E-state index in [2.05, 4.69) is 85.8 Å². The molecule has 0 bridgehead atoms. The van der Waals surface area contributed by atoms with Gasteiger partial charge in [-0.1, -0.05) is 54.6 Å². The Bertz CT molecular complexity index is 1020. The van der Waals surface area contributed by atoms with Crippen molar-refractivity contribution in [3.8, 4) is 11.5 Å². The first-order chi connectivity index (χ1) is 18.7. The van der Waals surface area contributed by atoms with Crippen LogP contribution in [0.25, 0.3) is 0 Å². The molecule has 0 atom stereocenters. The molecule has 2 fully saturated rings. The lowest BCUT2D eigenvalue weighted by atomic mass is 9.71. The molecule has 0 radical (unpaired) electrons. The summed E-state index contributed by atoms with van der Waals surface area (Å²) in [6, 6.07) is 28.1. The van der Waals surface area contributed by atoms with E-state index < -0.39 is 0 Å². The number of ether oxygens (including phenoxy) is 4. The van der Waals surface area contributed by atoms with Gasteiger partial charge in [0.15, 0.2) is 0 Å². The Kier molecular flexibility index (Phi) is 9.37. The first-order valence-corrected chi connectivity index (χ1v) is 14.4. The summed E-state index contributed by atoms with van der Waals surface area (Å²) >= 11 is 0. The van der Waals surface area contributed by atoms with Crippen molar-refractivity contribution in [2.75, 3.05) is 39.6 Å². The second kappa shape index (κ2) is 13.3. The maximum atomic E-state index is 6.06. The molecule has 0 spiro atoms. The highest BCUT2D eigenvalue weighted by Crippen LogP contribution is 2.40. The van der Waals surface area contributed by atoms with Gasteiger partial charge < -0.3 is 18.9 Å². The Labute approximate surface area is 228 Å². The predicted octanol–water partition coefficient (Wildman–Crippen LogP) is 7.43. The Morgan fingerprint density at radius 1 is 0.579 bits per heavy atom. The smallest absolute Gasteiger partial charge is 0.119 e. The molecule has 4 nitrogen and oxygen atoms in total. The molecule has 2 aliphatic heterocycles. The Hall–Kier alpha value is -2.82. The molecule has 3 aromatic carbocycles. The van der Waals surface area contributed by atoms with Crippen LogP contribution >= 0.6 is 0 Å². The van der Waals surface area contributed by atoms with Crippen molar-refractivity contribution < 1.29 is 18.9 Å². The molecule has 0 aromatic heterocycles. The van der Waals surface area contributed by atoms with Gasteiger partial charge in [-0.3, -0.25) is 0 Å². The molecule has 202 valence electrons. The van der Waals surface area contributed by atoms with Crippen LogP contribution in [-0.2, 0) is 14.9 Å². The van der Waals surface area contributed by atoms with Crippen molar-refractivity contribution >= 4 is 0 Å². The van der Waals surface area contributed by atoms with Crippen molar-refractivity contribution in [2.45, 2.75) is 50.9 Å². The fraction of sp³-hybridized carbons (Fsp3) is 0.471. The summed E-state index contributed by atoms with van der Waals surface area (Å²) in [5, 5.41) is 0. The van der Waals surface area contributed by atoms with E-state index in [0.29, 0.717) is 0 Å². The first-order valence-electron chi connectivity index (χ1n) is 14.4. The Morgan fingerprint density at radius 3 is 1.39 bits per heavy atom. The largest absolute Gasteiger partial charge is 0.494 e. The van der Waals surface area contributed by atoms with Crippen LogP contribution in [0.3, 0.4) is 0 Å². The average molecular weight is 515 g/mol. The number of rotatable bonds is 15. The standard InChI is InChI=1S/C34H42O4/c1-34(29-11-3-2-4-12-29,30-13-17-32(18-14-30)37-21-7-5-9-27-23-35-24-27)31-15-19-33(20-16-31)38-22-8-6-10-28-25-36-26-28/h2-4,11-20,27-28H,5-10,21-26H2,1H3. The molecule has 4 heteroatoms. The van der Waals surface area contributed by atoms with Crippen molar-refractivity contribution in [1.82, 2.24) is 0 Å². The molecule has 3 aromatic rings. The third-order valence-electron chi connectivity index (χ3n) is 8.18. The van der Waals surface area contributed by atoms with Crippen LogP contribution in [0, 0.1) is 11.8 Å². The van der Waals surface area contributed by atoms with Crippen LogP contribution in [-0.4, -0.2) is 39.6 Å². The Balaban J connectivity index is 1.20. The van der Waals surface area contributed by atoms with E-state index in [4.69, 9.17) is 18.9 Å². The lowest BCUT2D eigenvalue weighted by Crippen LogP contribution is -2.27. The summed E-state index contributed by atoms with van der Waals surface area (Å²) in [6.07, 6.45) is 7.07. The number of hydrogen-bond donors (Lipinski definition) is 0.